The van der Waals surface area contributed by atoms with E-state index in [0.29, 0.717) is 16.9 Å². The van der Waals surface area contributed by atoms with Crippen LogP contribution in [0.15, 0.2) is 42.5 Å². The Hall–Kier alpha value is -2.53. The minimum Gasteiger partial charge on any atom is -0.478 e. The third kappa shape index (κ3) is 2.11. The Labute approximate surface area is 104 Å². The summed E-state index contributed by atoms with van der Waals surface area (Å²) in [5.41, 5.74) is 11.2. The number of aromatic carboxylic acids is 1. The third-order valence-corrected chi connectivity index (χ3v) is 2.67. The van der Waals surface area contributed by atoms with E-state index in [1.54, 1.807) is 18.2 Å². The van der Waals surface area contributed by atoms with Gasteiger partial charge in [-0.3, -0.25) is 5.84 Å². The lowest BCUT2D eigenvalue weighted by molar-refractivity contribution is 0.0697. The highest BCUT2D eigenvalue weighted by atomic mass is 16.4. The molecule has 0 heterocycles. The van der Waals surface area contributed by atoms with Gasteiger partial charge in [-0.25, -0.2) is 4.79 Å². The van der Waals surface area contributed by atoms with Crippen molar-refractivity contribution in [1.29, 1.82) is 0 Å². The van der Waals surface area contributed by atoms with Crippen LogP contribution in [0.5, 0.6) is 0 Å². The second-order valence-electron chi connectivity index (χ2n) is 3.80. The Kier molecular flexibility index (Phi) is 3.16. The summed E-state index contributed by atoms with van der Waals surface area (Å²) in [5, 5.41) is 9.01. The van der Waals surface area contributed by atoms with Crippen molar-refractivity contribution in [3.63, 3.8) is 0 Å². The van der Waals surface area contributed by atoms with Crippen LogP contribution in [0.2, 0.25) is 0 Å². The number of rotatable bonds is 3. The normalized spacial score (nSPS) is 10.1. The molecule has 0 aliphatic rings. The SMILES string of the molecule is NNc1ccc(C(=O)O)cc1-c1ccccc1N. The van der Waals surface area contributed by atoms with Crippen molar-refractivity contribution in [3.05, 3.63) is 48.0 Å². The standard InChI is InChI=1S/C13H13N3O2/c14-11-4-2-1-3-9(11)10-7-8(13(17)18)5-6-12(10)16-15/h1-7,16H,14-15H2,(H,17,18). The number of benzene rings is 2. The highest BCUT2D eigenvalue weighted by Gasteiger charge is 2.11. The maximum atomic E-state index is 11.0. The van der Waals surface area contributed by atoms with Gasteiger partial charge in [0.1, 0.15) is 0 Å². The first-order chi connectivity index (χ1) is 8.63. The van der Waals surface area contributed by atoms with Crippen molar-refractivity contribution in [2.75, 3.05) is 11.2 Å². The van der Waals surface area contributed by atoms with Crippen LogP contribution in [0.25, 0.3) is 11.1 Å². The Bertz CT molecular complexity index is 597. The number of nitrogen functional groups attached to an aromatic ring is 2. The highest BCUT2D eigenvalue weighted by Crippen LogP contribution is 2.32. The maximum absolute atomic E-state index is 11.0. The molecule has 92 valence electrons. The van der Waals surface area contributed by atoms with Crippen LogP contribution in [0, 0.1) is 0 Å². The molecule has 0 amide bonds. The monoisotopic (exact) mass is 243 g/mol. The number of hydrogen-bond acceptors (Lipinski definition) is 4. The summed E-state index contributed by atoms with van der Waals surface area (Å²) in [4.78, 5) is 11.0. The van der Waals surface area contributed by atoms with E-state index in [9.17, 15) is 4.79 Å². The number of hydrogen-bond donors (Lipinski definition) is 4. The molecule has 6 N–H and O–H groups in total. The smallest absolute Gasteiger partial charge is 0.335 e. The molecule has 2 rings (SSSR count). The highest BCUT2D eigenvalue weighted by molar-refractivity contribution is 5.93. The summed E-state index contributed by atoms with van der Waals surface area (Å²) in [6, 6.07) is 11.9. The summed E-state index contributed by atoms with van der Waals surface area (Å²) in [5.74, 6) is 4.43. The molecule has 0 spiro atoms. The molecule has 0 radical (unpaired) electrons. The molecule has 2 aromatic rings. The molecule has 0 atom stereocenters. The van der Waals surface area contributed by atoms with Crippen molar-refractivity contribution in [3.8, 4) is 11.1 Å². The topological polar surface area (TPSA) is 101 Å². The fraction of sp³-hybridized carbons (Fsp3) is 0. The number of para-hydroxylation sites is 1. The molecule has 0 bridgehead atoms. The van der Waals surface area contributed by atoms with E-state index in [1.807, 2.05) is 18.2 Å². The fourth-order valence-corrected chi connectivity index (χ4v) is 1.77. The van der Waals surface area contributed by atoms with Crippen molar-refractivity contribution >= 4 is 17.3 Å². The van der Waals surface area contributed by atoms with Gasteiger partial charge in [0.25, 0.3) is 0 Å². The lowest BCUT2D eigenvalue weighted by Gasteiger charge is -2.12. The predicted molar refractivity (Wildman–Crippen MR) is 71.1 cm³/mol. The predicted octanol–water partition coefficient (Wildman–Crippen LogP) is 1.92. The van der Waals surface area contributed by atoms with Gasteiger partial charge in [-0.05, 0) is 24.3 Å². The van der Waals surface area contributed by atoms with Crippen LogP contribution in [0.3, 0.4) is 0 Å². The van der Waals surface area contributed by atoms with Crippen molar-refractivity contribution in [1.82, 2.24) is 0 Å². The Morgan fingerprint density at radius 3 is 2.44 bits per heavy atom. The van der Waals surface area contributed by atoms with Gasteiger partial charge in [-0.2, -0.15) is 0 Å². The number of nitrogens with two attached hydrogens (primary N) is 2. The summed E-state index contributed by atoms with van der Waals surface area (Å²) in [6.45, 7) is 0. The van der Waals surface area contributed by atoms with Gasteiger partial charge in [-0.15, -0.1) is 0 Å². The molecule has 2 aromatic carbocycles. The van der Waals surface area contributed by atoms with E-state index >= 15 is 0 Å². The van der Waals surface area contributed by atoms with Gasteiger partial charge >= 0.3 is 5.97 Å². The van der Waals surface area contributed by atoms with E-state index in [0.717, 1.165) is 5.56 Å². The number of carboxylic acids is 1. The molecule has 0 saturated heterocycles. The first kappa shape index (κ1) is 11.9. The first-order valence-corrected chi connectivity index (χ1v) is 5.32. The average molecular weight is 243 g/mol. The van der Waals surface area contributed by atoms with Gasteiger partial charge in [0.05, 0.1) is 11.3 Å². The largest absolute Gasteiger partial charge is 0.478 e. The van der Waals surface area contributed by atoms with Crippen LogP contribution in [-0.2, 0) is 0 Å². The van der Waals surface area contributed by atoms with Gasteiger partial charge in [-0.1, -0.05) is 18.2 Å². The summed E-state index contributed by atoms with van der Waals surface area (Å²) < 4.78 is 0. The zero-order valence-electron chi connectivity index (χ0n) is 9.55. The molecule has 18 heavy (non-hydrogen) atoms. The molecule has 0 saturated carbocycles. The zero-order valence-corrected chi connectivity index (χ0v) is 9.55. The number of hydrazine groups is 1. The van der Waals surface area contributed by atoms with Crippen LogP contribution >= 0.6 is 0 Å². The minimum atomic E-state index is -0.991. The van der Waals surface area contributed by atoms with E-state index in [4.69, 9.17) is 16.7 Å². The van der Waals surface area contributed by atoms with Crippen molar-refractivity contribution in [2.45, 2.75) is 0 Å². The lowest BCUT2D eigenvalue weighted by atomic mass is 9.99. The summed E-state index contributed by atoms with van der Waals surface area (Å²) in [6.07, 6.45) is 0. The Morgan fingerprint density at radius 1 is 1.11 bits per heavy atom. The zero-order chi connectivity index (χ0) is 13.1. The second kappa shape index (κ2) is 4.77. The molecular formula is C13H13N3O2. The molecule has 0 aromatic heterocycles. The number of carbonyl (C=O) groups is 1. The number of anilines is 2. The van der Waals surface area contributed by atoms with E-state index in [-0.39, 0.29) is 5.56 Å². The molecule has 5 heteroatoms. The molecule has 5 nitrogen and oxygen atoms in total. The Balaban J connectivity index is 2.64. The summed E-state index contributed by atoms with van der Waals surface area (Å²) >= 11 is 0. The van der Waals surface area contributed by atoms with Gasteiger partial charge in [0.2, 0.25) is 0 Å². The third-order valence-electron chi connectivity index (χ3n) is 2.67. The van der Waals surface area contributed by atoms with Gasteiger partial charge in [0.15, 0.2) is 0 Å². The molecule has 0 aliphatic heterocycles. The van der Waals surface area contributed by atoms with Gasteiger partial charge < -0.3 is 16.3 Å². The number of nitrogens with one attached hydrogen (secondary N) is 1. The molecule has 0 unspecified atom stereocenters. The average Bonchev–Trinajstić information content (AvgIpc) is 2.38. The molecule has 0 aliphatic carbocycles. The quantitative estimate of drug-likeness (QED) is 0.375. The van der Waals surface area contributed by atoms with Crippen LogP contribution in [-0.4, -0.2) is 11.1 Å². The first-order valence-electron chi connectivity index (χ1n) is 5.32. The lowest BCUT2D eigenvalue weighted by Crippen LogP contribution is -2.09. The summed E-state index contributed by atoms with van der Waals surface area (Å²) in [7, 11) is 0. The van der Waals surface area contributed by atoms with E-state index in [1.165, 1.54) is 6.07 Å². The van der Waals surface area contributed by atoms with Crippen molar-refractivity contribution < 1.29 is 9.90 Å². The van der Waals surface area contributed by atoms with Crippen LogP contribution < -0.4 is 17.0 Å². The maximum Gasteiger partial charge on any atom is 0.335 e. The number of carboxylic acid groups (broad SMARTS) is 1. The van der Waals surface area contributed by atoms with Gasteiger partial charge in [0, 0.05) is 16.8 Å². The Morgan fingerprint density at radius 2 is 1.83 bits per heavy atom. The minimum absolute atomic E-state index is 0.187. The second-order valence-corrected chi connectivity index (χ2v) is 3.80. The van der Waals surface area contributed by atoms with E-state index in [2.05, 4.69) is 5.43 Å². The van der Waals surface area contributed by atoms with Crippen LogP contribution in [0.1, 0.15) is 10.4 Å². The fourth-order valence-electron chi connectivity index (χ4n) is 1.77. The van der Waals surface area contributed by atoms with Crippen LogP contribution in [0.4, 0.5) is 11.4 Å². The van der Waals surface area contributed by atoms with E-state index < -0.39 is 5.97 Å². The molecular weight excluding hydrogens is 230 g/mol. The molecule has 0 fully saturated rings. The van der Waals surface area contributed by atoms with Crippen molar-refractivity contribution in [2.24, 2.45) is 5.84 Å².